The molecule has 3 aromatic rings. The van der Waals surface area contributed by atoms with Gasteiger partial charge in [0.25, 0.3) is 5.91 Å². The van der Waals surface area contributed by atoms with E-state index in [1.54, 1.807) is 0 Å². The molecule has 26 heavy (non-hydrogen) atoms. The van der Waals surface area contributed by atoms with Gasteiger partial charge in [-0.2, -0.15) is 4.99 Å². The zero-order valence-electron chi connectivity index (χ0n) is 14.9. The van der Waals surface area contributed by atoms with Gasteiger partial charge in [0.15, 0.2) is 4.80 Å². The van der Waals surface area contributed by atoms with Crippen LogP contribution in [0.5, 0.6) is 0 Å². The van der Waals surface area contributed by atoms with Crippen molar-refractivity contribution in [1.82, 2.24) is 4.57 Å². The first-order valence-corrected chi connectivity index (χ1v) is 10.2. The van der Waals surface area contributed by atoms with Crippen molar-refractivity contribution in [2.24, 2.45) is 4.99 Å². The van der Waals surface area contributed by atoms with Crippen LogP contribution in [0.25, 0.3) is 10.2 Å². The minimum atomic E-state index is -0.135. The molecule has 0 atom stereocenters. The molecule has 0 bridgehead atoms. The molecule has 6 heteroatoms. The number of ether oxygens (including phenoxy) is 1. The largest absolute Gasteiger partial charge is 0.380 e. The number of aryl methyl sites for hydroxylation is 1. The molecule has 0 radical (unpaired) electrons. The Kier molecular flexibility index (Phi) is 6.40. The number of rotatable bonds is 6. The molecule has 0 saturated heterocycles. The zero-order valence-corrected chi connectivity index (χ0v) is 17.3. The Morgan fingerprint density at radius 2 is 2.00 bits per heavy atom. The Morgan fingerprint density at radius 3 is 2.73 bits per heavy atom. The smallest absolute Gasteiger partial charge is 0.252 e. The summed E-state index contributed by atoms with van der Waals surface area (Å²) in [5.74, 6) is -0.135. The van der Waals surface area contributed by atoms with Gasteiger partial charge < -0.3 is 9.30 Å². The summed E-state index contributed by atoms with van der Waals surface area (Å²) in [6, 6.07) is 14.1. The lowest BCUT2D eigenvalue weighted by Gasteiger charge is -2.05. The average Bonchev–Trinajstić information content (AvgIpc) is 2.93. The average molecular weight is 433 g/mol. The van der Waals surface area contributed by atoms with Crippen LogP contribution in [0.4, 0.5) is 0 Å². The van der Waals surface area contributed by atoms with Crippen molar-refractivity contribution in [3.05, 3.63) is 62.9 Å². The highest BCUT2D eigenvalue weighted by molar-refractivity contribution is 9.10. The first kappa shape index (κ1) is 19.0. The lowest BCUT2D eigenvalue weighted by atomic mass is 10.1. The van der Waals surface area contributed by atoms with E-state index >= 15 is 0 Å². The molecule has 136 valence electrons. The zero-order chi connectivity index (χ0) is 18.5. The molecule has 1 heterocycles. The van der Waals surface area contributed by atoms with Crippen molar-refractivity contribution in [1.29, 1.82) is 0 Å². The maximum absolute atomic E-state index is 12.5. The van der Waals surface area contributed by atoms with Gasteiger partial charge >= 0.3 is 0 Å². The Hall–Kier alpha value is -1.76. The first-order valence-electron chi connectivity index (χ1n) is 8.56. The normalized spacial score (nSPS) is 12.0. The van der Waals surface area contributed by atoms with Crippen LogP contribution < -0.4 is 4.80 Å². The Labute approximate surface area is 165 Å². The van der Waals surface area contributed by atoms with E-state index in [-0.39, 0.29) is 5.91 Å². The van der Waals surface area contributed by atoms with Gasteiger partial charge in [-0.1, -0.05) is 57.1 Å². The van der Waals surface area contributed by atoms with Crippen LogP contribution in [0, 0.1) is 6.92 Å². The lowest BCUT2D eigenvalue weighted by molar-refractivity contribution is -0.117. The molecule has 0 unspecified atom stereocenters. The van der Waals surface area contributed by atoms with Gasteiger partial charge in [-0.05, 0) is 37.6 Å². The molecule has 3 rings (SSSR count). The third-order valence-electron chi connectivity index (χ3n) is 4.00. The highest BCUT2D eigenvalue weighted by Crippen LogP contribution is 2.22. The van der Waals surface area contributed by atoms with Crippen molar-refractivity contribution in [3.8, 4) is 0 Å². The number of halogens is 1. The molecule has 1 amide bonds. The predicted octanol–water partition coefficient (Wildman–Crippen LogP) is 4.48. The molecule has 1 aromatic heterocycles. The van der Waals surface area contributed by atoms with Crippen LogP contribution in [0.3, 0.4) is 0 Å². The minimum absolute atomic E-state index is 0.135. The van der Waals surface area contributed by atoms with Gasteiger partial charge in [0.2, 0.25) is 0 Å². The van der Waals surface area contributed by atoms with Crippen molar-refractivity contribution < 1.29 is 9.53 Å². The van der Waals surface area contributed by atoms with Gasteiger partial charge in [0, 0.05) is 17.6 Å². The summed E-state index contributed by atoms with van der Waals surface area (Å²) < 4.78 is 9.67. The van der Waals surface area contributed by atoms with Gasteiger partial charge in [0.1, 0.15) is 0 Å². The van der Waals surface area contributed by atoms with Crippen molar-refractivity contribution >= 4 is 43.4 Å². The number of fused-ring (bicyclic) bond motifs is 1. The summed E-state index contributed by atoms with van der Waals surface area (Å²) in [5, 5.41) is 0. The summed E-state index contributed by atoms with van der Waals surface area (Å²) in [7, 11) is 0. The maximum atomic E-state index is 12.5. The highest BCUT2D eigenvalue weighted by Gasteiger charge is 2.09. The van der Waals surface area contributed by atoms with Crippen LogP contribution in [-0.4, -0.2) is 23.7 Å². The quantitative estimate of drug-likeness (QED) is 0.538. The van der Waals surface area contributed by atoms with E-state index < -0.39 is 0 Å². The van der Waals surface area contributed by atoms with E-state index in [1.807, 2.05) is 50.2 Å². The molecule has 0 aliphatic carbocycles. The van der Waals surface area contributed by atoms with E-state index in [1.165, 1.54) is 16.9 Å². The van der Waals surface area contributed by atoms with Crippen LogP contribution in [0.2, 0.25) is 0 Å². The highest BCUT2D eigenvalue weighted by atomic mass is 79.9. The number of amides is 1. The molecule has 0 aliphatic rings. The number of carbonyl (C=O) groups is 1. The molecule has 2 aromatic carbocycles. The minimum Gasteiger partial charge on any atom is -0.380 e. The number of carbonyl (C=O) groups excluding carboxylic acids is 1. The van der Waals surface area contributed by atoms with Crippen LogP contribution in [-0.2, 0) is 22.5 Å². The fraction of sp³-hybridized carbons (Fsp3) is 0.300. The van der Waals surface area contributed by atoms with E-state index in [2.05, 4.69) is 31.6 Å². The molecular weight excluding hydrogens is 412 g/mol. The van der Waals surface area contributed by atoms with Crippen molar-refractivity contribution in [3.63, 3.8) is 0 Å². The summed E-state index contributed by atoms with van der Waals surface area (Å²) >= 11 is 5.03. The van der Waals surface area contributed by atoms with E-state index in [4.69, 9.17) is 4.74 Å². The molecule has 0 fully saturated rings. The fourth-order valence-electron chi connectivity index (χ4n) is 2.68. The van der Waals surface area contributed by atoms with Crippen LogP contribution >= 0.6 is 27.3 Å². The molecule has 0 aliphatic heterocycles. The maximum Gasteiger partial charge on any atom is 0.252 e. The fourth-order valence-corrected chi connectivity index (χ4v) is 4.30. The second-order valence-electron chi connectivity index (χ2n) is 6.01. The summed E-state index contributed by atoms with van der Waals surface area (Å²) in [4.78, 5) is 17.6. The van der Waals surface area contributed by atoms with Crippen LogP contribution in [0.1, 0.15) is 18.1 Å². The predicted molar refractivity (Wildman–Crippen MR) is 109 cm³/mol. The third kappa shape index (κ3) is 4.69. The number of aromatic nitrogens is 1. The lowest BCUT2D eigenvalue weighted by Crippen LogP contribution is -2.20. The van der Waals surface area contributed by atoms with Crippen LogP contribution in [0.15, 0.2) is 51.9 Å². The Balaban J connectivity index is 1.93. The van der Waals surface area contributed by atoms with Gasteiger partial charge in [-0.3, -0.25) is 4.79 Å². The van der Waals surface area contributed by atoms with Crippen molar-refractivity contribution in [2.75, 3.05) is 13.2 Å². The van der Waals surface area contributed by atoms with Gasteiger partial charge in [-0.15, -0.1) is 0 Å². The third-order valence-corrected chi connectivity index (χ3v) is 5.54. The number of benzene rings is 2. The SMILES string of the molecule is CCOCCn1c(=NC(=O)Cc2ccc(C)cc2)sc2cc(Br)ccc21. The monoisotopic (exact) mass is 432 g/mol. The molecule has 0 spiro atoms. The van der Waals surface area contributed by atoms with Gasteiger partial charge in [0.05, 0.1) is 23.2 Å². The first-order chi connectivity index (χ1) is 12.6. The topological polar surface area (TPSA) is 43.6 Å². The number of thiazole rings is 1. The number of hydrogen-bond acceptors (Lipinski definition) is 3. The standard InChI is InChI=1S/C20H21BrN2O2S/c1-3-25-11-10-23-17-9-8-16(21)13-18(17)26-20(23)22-19(24)12-15-6-4-14(2)5-7-15/h4-9,13H,3,10-12H2,1-2H3. The number of nitrogens with zero attached hydrogens (tertiary/aromatic N) is 2. The van der Waals surface area contributed by atoms with Crippen molar-refractivity contribution in [2.45, 2.75) is 26.8 Å². The number of hydrogen-bond donors (Lipinski definition) is 0. The molecule has 0 N–H and O–H groups in total. The molecular formula is C20H21BrN2O2S. The van der Waals surface area contributed by atoms with E-state index in [9.17, 15) is 4.79 Å². The van der Waals surface area contributed by atoms with E-state index in [0.717, 1.165) is 25.1 Å². The second kappa shape index (κ2) is 8.75. The van der Waals surface area contributed by atoms with E-state index in [0.29, 0.717) is 26.2 Å². The Morgan fingerprint density at radius 1 is 1.23 bits per heavy atom. The molecule has 4 nitrogen and oxygen atoms in total. The Bertz CT molecular complexity index is 974. The summed E-state index contributed by atoms with van der Waals surface area (Å²) in [5.41, 5.74) is 3.23. The second-order valence-corrected chi connectivity index (χ2v) is 7.94. The molecule has 0 saturated carbocycles. The summed E-state index contributed by atoms with van der Waals surface area (Å²) in [6.07, 6.45) is 0.309. The summed E-state index contributed by atoms with van der Waals surface area (Å²) in [6.45, 7) is 5.95. The van der Waals surface area contributed by atoms with Gasteiger partial charge in [-0.25, -0.2) is 0 Å².